The zero-order valence-electron chi connectivity index (χ0n) is 9.08. The van der Waals surface area contributed by atoms with Gasteiger partial charge in [0.2, 0.25) is 5.90 Å². The van der Waals surface area contributed by atoms with Crippen LogP contribution in [0.5, 0.6) is 0 Å². The van der Waals surface area contributed by atoms with E-state index in [1.165, 1.54) is 13.2 Å². The Hall–Kier alpha value is -1.84. The molecule has 0 aromatic rings. The van der Waals surface area contributed by atoms with Crippen molar-refractivity contribution < 1.29 is 14.3 Å². The average molecular weight is 209 g/mol. The molecular weight excluding hydrogens is 194 g/mol. The minimum Gasteiger partial charge on any atom is -0.480 e. The second kappa shape index (κ2) is 6.59. The Kier molecular flexibility index (Phi) is 5.78. The lowest BCUT2D eigenvalue weighted by atomic mass is 10.3. The zero-order valence-corrected chi connectivity index (χ0v) is 9.08. The minimum absolute atomic E-state index is 0.0577. The fourth-order valence-corrected chi connectivity index (χ4v) is 0.718. The Morgan fingerprint density at radius 1 is 1.47 bits per heavy atom. The van der Waals surface area contributed by atoms with E-state index in [1.807, 2.05) is 0 Å². The number of aliphatic imine (C=N–C) groups is 1. The minimum atomic E-state index is -0.560. The van der Waals surface area contributed by atoms with Gasteiger partial charge in [0.25, 0.3) is 0 Å². The molecule has 0 saturated heterocycles. The Morgan fingerprint density at radius 2 is 2.07 bits per heavy atom. The van der Waals surface area contributed by atoms with Crippen LogP contribution in [-0.2, 0) is 14.3 Å². The van der Waals surface area contributed by atoms with Crippen molar-refractivity contribution in [1.29, 1.82) is 0 Å². The second-order valence-corrected chi connectivity index (χ2v) is 2.52. The number of carbonyl (C=O) groups is 1. The maximum absolute atomic E-state index is 11.3. The summed E-state index contributed by atoms with van der Waals surface area (Å²) < 4.78 is 9.64. The van der Waals surface area contributed by atoms with Crippen LogP contribution in [0.1, 0.15) is 6.92 Å². The van der Waals surface area contributed by atoms with Crippen molar-refractivity contribution in [1.82, 2.24) is 0 Å². The fourth-order valence-electron chi connectivity index (χ4n) is 0.718. The smallest absolute Gasteiger partial charge is 0.343 e. The summed E-state index contributed by atoms with van der Waals surface area (Å²) >= 11 is 0. The molecule has 4 nitrogen and oxygen atoms in total. The van der Waals surface area contributed by atoms with Gasteiger partial charge in [-0.3, -0.25) is 0 Å². The number of nitrogens with zero attached hydrogens (tertiary/aromatic N) is 1. The second-order valence-electron chi connectivity index (χ2n) is 2.52. The van der Waals surface area contributed by atoms with Crippen LogP contribution in [-0.4, -0.2) is 25.6 Å². The monoisotopic (exact) mass is 209 g/mol. The number of allylic oxidation sites excluding steroid dienone is 1. The average Bonchev–Trinajstić information content (AvgIpc) is 2.24. The number of hydrogen-bond acceptors (Lipinski definition) is 4. The number of carbonyl (C=O) groups excluding carboxylic acids is 1. The summed E-state index contributed by atoms with van der Waals surface area (Å²) in [6.45, 7) is 12.6. The van der Waals surface area contributed by atoms with Gasteiger partial charge in [-0.25, -0.2) is 9.79 Å². The molecule has 0 unspecified atom stereocenters. The van der Waals surface area contributed by atoms with E-state index in [1.54, 1.807) is 6.92 Å². The van der Waals surface area contributed by atoms with Crippen LogP contribution in [0, 0.1) is 0 Å². The van der Waals surface area contributed by atoms with Crippen molar-refractivity contribution in [2.75, 3.05) is 13.7 Å². The van der Waals surface area contributed by atoms with E-state index in [-0.39, 0.29) is 18.1 Å². The van der Waals surface area contributed by atoms with Crippen molar-refractivity contribution in [3.05, 3.63) is 37.1 Å². The molecule has 4 heteroatoms. The molecule has 82 valence electrons. The summed E-state index contributed by atoms with van der Waals surface area (Å²) in [5.41, 5.74) is 0.444. The van der Waals surface area contributed by atoms with Crippen LogP contribution >= 0.6 is 0 Å². The third-order valence-electron chi connectivity index (χ3n) is 1.45. The van der Waals surface area contributed by atoms with E-state index in [0.717, 1.165) is 0 Å². The summed E-state index contributed by atoms with van der Waals surface area (Å²) in [5.74, 6) is -0.478. The van der Waals surface area contributed by atoms with Gasteiger partial charge in [-0.2, -0.15) is 0 Å². The number of methoxy groups -OCH3 is 1. The quantitative estimate of drug-likeness (QED) is 0.228. The molecule has 0 aromatic heterocycles. The third-order valence-corrected chi connectivity index (χ3v) is 1.45. The number of hydrogen-bond donors (Lipinski definition) is 0. The highest BCUT2D eigenvalue weighted by Gasteiger charge is 2.15. The van der Waals surface area contributed by atoms with E-state index in [9.17, 15) is 4.79 Å². The Bertz CT molecular complexity index is 316. The number of esters is 1. The standard InChI is InChI=1S/C11H15NO3/c1-6-8(3)12-10(14-5)9(4)11(13)15-7-2/h6H,1,3-4,7H2,2,5H3. The lowest BCUT2D eigenvalue weighted by molar-refractivity contribution is -0.137. The number of rotatable bonds is 5. The van der Waals surface area contributed by atoms with Gasteiger partial charge >= 0.3 is 5.97 Å². The van der Waals surface area contributed by atoms with Gasteiger partial charge in [0.1, 0.15) is 5.57 Å². The van der Waals surface area contributed by atoms with Crippen molar-refractivity contribution in [3.8, 4) is 0 Å². The fraction of sp³-hybridized carbons (Fsp3) is 0.273. The normalized spacial score (nSPS) is 10.4. The van der Waals surface area contributed by atoms with Crippen LogP contribution in [0.4, 0.5) is 0 Å². The molecule has 0 bridgehead atoms. The van der Waals surface area contributed by atoms with Crippen LogP contribution < -0.4 is 0 Å². The molecule has 0 rings (SSSR count). The maximum atomic E-state index is 11.3. The molecule has 0 aliphatic heterocycles. The molecule has 0 radical (unpaired) electrons. The summed E-state index contributed by atoms with van der Waals surface area (Å²) in [4.78, 5) is 15.2. The van der Waals surface area contributed by atoms with Gasteiger partial charge in [-0.15, -0.1) is 0 Å². The first-order valence-corrected chi connectivity index (χ1v) is 4.37. The first-order valence-electron chi connectivity index (χ1n) is 4.37. The maximum Gasteiger partial charge on any atom is 0.343 e. The van der Waals surface area contributed by atoms with Gasteiger partial charge in [-0.1, -0.05) is 19.7 Å². The van der Waals surface area contributed by atoms with E-state index >= 15 is 0 Å². The van der Waals surface area contributed by atoms with Crippen LogP contribution in [0.2, 0.25) is 0 Å². The highest BCUT2D eigenvalue weighted by atomic mass is 16.5. The SMILES string of the molecule is C=CC(=C)N=C(OC)C(=C)C(=O)OCC. The molecule has 0 N–H and O–H groups in total. The van der Waals surface area contributed by atoms with E-state index < -0.39 is 5.97 Å². The van der Waals surface area contributed by atoms with Gasteiger partial charge in [0.15, 0.2) is 0 Å². The molecule has 0 fully saturated rings. The molecule has 0 atom stereocenters. The Balaban J connectivity index is 4.75. The lowest BCUT2D eigenvalue weighted by Gasteiger charge is -2.07. The molecular formula is C11H15NO3. The topological polar surface area (TPSA) is 47.9 Å². The molecule has 0 saturated carbocycles. The highest BCUT2D eigenvalue weighted by molar-refractivity contribution is 6.16. The molecule has 0 spiro atoms. The van der Waals surface area contributed by atoms with Crippen molar-refractivity contribution in [2.45, 2.75) is 6.92 Å². The van der Waals surface area contributed by atoms with Crippen LogP contribution in [0.3, 0.4) is 0 Å². The Labute approximate surface area is 89.6 Å². The number of ether oxygens (including phenoxy) is 2. The molecule has 0 aromatic carbocycles. The predicted molar refractivity (Wildman–Crippen MR) is 59.6 cm³/mol. The third kappa shape index (κ3) is 4.26. The predicted octanol–water partition coefficient (Wildman–Crippen LogP) is 1.85. The summed E-state index contributed by atoms with van der Waals surface area (Å²) in [6, 6.07) is 0. The van der Waals surface area contributed by atoms with E-state index in [2.05, 4.69) is 24.7 Å². The lowest BCUT2D eigenvalue weighted by Crippen LogP contribution is -2.16. The van der Waals surface area contributed by atoms with Gasteiger partial charge in [0, 0.05) is 0 Å². The van der Waals surface area contributed by atoms with Gasteiger partial charge in [0.05, 0.1) is 19.4 Å². The molecule has 15 heavy (non-hydrogen) atoms. The largest absolute Gasteiger partial charge is 0.480 e. The summed E-state index contributed by atoms with van der Waals surface area (Å²) in [6.07, 6.45) is 1.44. The molecule has 0 heterocycles. The first kappa shape index (κ1) is 13.2. The Morgan fingerprint density at radius 3 is 2.47 bits per heavy atom. The van der Waals surface area contributed by atoms with E-state index in [4.69, 9.17) is 9.47 Å². The molecule has 0 amide bonds. The van der Waals surface area contributed by atoms with Gasteiger partial charge in [-0.05, 0) is 13.0 Å². The van der Waals surface area contributed by atoms with Crippen molar-refractivity contribution in [2.24, 2.45) is 4.99 Å². The highest BCUT2D eigenvalue weighted by Crippen LogP contribution is 2.04. The first-order chi connectivity index (χ1) is 7.06. The summed E-state index contributed by atoms with van der Waals surface area (Å²) in [5, 5.41) is 0. The van der Waals surface area contributed by atoms with Crippen LogP contribution in [0.25, 0.3) is 0 Å². The zero-order chi connectivity index (χ0) is 11.8. The van der Waals surface area contributed by atoms with E-state index in [0.29, 0.717) is 5.70 Å². The van der Waals surface area contributed by atoms with Gasteiger partial charge < -0.3 is 9.47 Å². The van der Waals surface area contributed by atoms with Crippen LogP contribution in [0.15, 0.2) is 42.1 Å². The summed E-state index contributed by atoms with van der Waals surface area (Å²) in [7, 11) is 1.39. The van der Waals surface area contributed by atoms with Crippen molar-refractivity contribution in [3.63, 3.8) is 0 Å². The molecule has 0 aliphatic rings. The van der Waals surface area contributed by atoms with Crippen molar-refractivity contribution >= 4 is 11.9 Å². The molecule has 0 aliphatic carbocycles.